The van der Waals surface area contributed by atoms with Crippen LogP contribution < -0.4 is 0 Å². The molecule has 4 heteroatoms. The van der Waals surface area contributed by atoms with Crippen molar-refractivity contribution in [3.63, 3.8) is 0 Å². The first kappa shape index (κ1) is 17.7. The third-order valence-electron chi connectivity index (χ3n) is 4.14. The summed E-state index contributed by atoms with van der Waals surface area (Å²) >= 11 is 0. The van der Waals surface area contributed by atoms with Gasteiger partial charge in [0.1, 0.15) is 5.76 Å². The number of rotatable bonds is 3. The highest BCUT2D eigenvalue weighted by Crippen LogP contribution is 2.28. The van der Waals surface area contributed by atoms with Crippen LogP contribution in [0.3, 0.4) is 0 Å². The van der Waals surface area contributed by atoms with E-state index in [2.05, 4.69) is 29.0 Å². The SMILES string of the molecule is CC.COC1=C(C)C=C(CN2CCOCC2)c2cccnc2C1. The van der Waals surface area contributed by atoms with E-state index in [1.807, 2.05) is 26.1 Å². The molecule has 1 aromatic rings. The minimum absolute atomic E-state index is 0.765. The van der Waals surface area contributed by atoms with Crippen LogP contribution >= 0.6 is 0 Å². The molecule has 126 valence electrons. The molecule has 0 bridgehead atoms. The molecule has 0 amide bonds. The molecule has 0 unspecified atom stereocenters. The molecule has 1 aliphatic carbocycles. The van der Waals surface area contributed by atoms with Gasteiger partial charge in [0.15, 0.2) is 0 Å². The molecule has 0 saturated carbocycles. The van der Waals surface area contributed by atoms with Crippen LogP contribution in [-0.2, 0) is 15.9 Å². The zero-order valence-electron chi connectivity index (χ0n) is 14.8. The quantitative estimate of drug-likeness (QED) is 0.857. The Hall–Kier alpha value is -1.65. The Morgan fingerprint density at radius 3 is 2.70 bits per heavy atom. The van der Waals surface area contributed by atoms with E-state index in [0.29, 0.717) is 0 Å². The van der Waals surface area contributed by atoms with Crippen molar-refractivity contribution in [1.29, 1.82) is 0 Å². The van der Waals surface area contributed by atoms with E-state index < -0.39 is 0 Å². The van der Waals surface area contributed by atoms with Gasteiger partial charge in [-0.1, -0.05) is 26.0 Å². The molecule has 0 aromatic carbocycles. The summed E-state index contributed by atoms with van der Waals surface area (Å²) in [5.41, 5.74) is 4.87. The molecular weight excluding hydrogens is 288 g/mol. The second kappa shape index (κ2) is 8.85. The number of morpholine rings is 1. The van der Waals surface area contributed by atoms with Crippen molar-refractivity contribution in [2.24, 2.45) is 0 Å². The van der Waals surface area contributed by atoms with Crippen LogP contribution in [0.5, 0.6) is 0 Å². The van der Waals surface area contributed by atoms with Crippen LogP contribution in [-0.4, -0.2) is 49.8 Å². The molecule has 1 aliphatic heterocycles. The van der Waals surface area contributed by atoms with Gasteiger partial charge in [-0.15, -0.1) is 0 Å². The normalized spacial score (nSPS) is 18.3. The third-order valence-corrected chi connectivity index (χ3v) is 4.14. The van der Waals surface area contributed by atoms with E-state index in [1.165, 1.54) is 16.7 Å². The fourth-order valence-electron chi connectivity index (χ4n) is 2.95. The number of ether oxygens (including phenoxy) is 2. The second-order valence-corrected chi connectivity index (χ2v) is 5.54. The van der Waals surface area contributed by atoms with Crippen molar-refractivity contribution in [2.75, 3.05) is 40.0 Å². The molecule has 1 aromatic heterocycles. The molecular formula is C19H28N2O2. The van der Waals surface area contributed by atoms with E-state index in [1.54, 1.807) is 7.11 Å². The smallest absolute Gasteiger partial charge is 0.104 e. The topological polar surface area (TPSA) is 34.6 Å². The third kappa shape index (κ3) is 4.43. The summed E-state index contributed by atoms with van der Waals surface area (Å²) < 4.78 is 11.0. The van der Waals surface area contributed by atoms with Gasteiger partial charge in [-0.3, -0.25) is 9.88 Å². The summed E-state index contributed by atoms with van der Waals surface area (Å²) in [4.78, 5) is 7.00. The molecule has 2 heterocycles. The number of aromatic nitrogens is 1. The predicted molar refractivity (Wildman–Crippen MR) is 94.2 cm³/mol. The second-order valence-electron chi connectivity index (χ2n) is 5.54. The average Bonchev–Trinajstić information content (AvgIpc) is 2.74. The van der Waals surface area contributed by atoms with Crippen LogP contribution in [0.1, 0.15) is 32.0 Å². The number of fused-ring (bicyclic) bond motifs is 1. The monoisotopic (exact) mass is 316 g/mol. The van der Waals surface area contributed by atoms with Gasteiger partial charge in [0, 0.05) is 37.8 Å². The summed E-state index contributed by atoms with van der Waals surface area (Å²) in [6.07, 6.45) is 4.88. The van der Waals surface area contributed by atoms with Crippen molar-refractivity contribution in [2.45, 2.75) is 27.2 Å². The lowest BCUT2D eigenvalue weighted by molar-refractivity contribution is 0.0444. The lowest BCUT2D eigenvalue weighted by Gasteiger charge is -2.27. The lowest BCUT2D eigenvalue weighted by Crippen LogP contribution is -2.37. The first-order valence-electron chi connectivity index (χ1n) is 8.46. The minimum atomic E-state index is 0.765. The maximum Gasteiger partial charge on any atom is 0.104 e. The van der Waals surface area contributed by atoms with Gasteiger partial charge in [-0.2, -0.15) is 0 Å². The van der Waals surface area contributed by atoms with Gasteiger partial charge < -0.3 is 9.47 Å². The zero-order valence-corrected chi connectivity index (χ0v) is 14.8. The van der Waals surface area contributed by atoms with Gasteiger partial charge in [-0.25, -0.2) is 0 Å². The lowest BCUT2D eigenvalue weighted by atomic mass is 10.0. The molecule has 0 radical (unpaired) electrons. The Labute approximate surface area is 139 Å². The Balaban J connectivity index is 0.000000924. The van der Waals surface area contributed by atoms with E-state index in [4.69, 9.17) is 9.47 Å². The minimum Gasteiger partial charge on any atom is -0.500 e. The average molecular weight is 316 g/mol. The van der Waals surface area contributed by atoms with Crippen LogP contribution in [0.15, 0.2) is 35.7 Å². The Kier molecular flexibility index (Phi) is 6.81. The van der Waals surface area contributed by atoms with E-state index in [-0.39, 0.29) is 0 Å². The maximum absolute atomic E-state index is 5.54. The number of allylic oxidation sites excluding steroid dienone is 3. The van der Waals surface area contributed by atoms with Crippen molar-refractivity contribution in [3.8, 4) is 0 Å². The molecule has 3 rings (SSSR count). The Bertz CT molecular complexity index is 572. The Morgan fingerprint density at radius 2 is 2.00 bits per heavy atom. The number of nitrogens with zero attached hydrogens (tertiary/aromatic N) is 2. The number of methoxy groups -OCH3 is 1. The van der Waals surface area contributed by atoms with Crippen molar-refractivity contribution < 1.29 is 9.47 Å². The van der Waals surface area contributed by atoms with Gasteiger partial charge in [0.2, 0.25) is 0 Å². The van der Waals surface area contributed by atoms with Crippen molar-refractivity contribution in [1.82, 2.24) is 9.88 Å². The van der Waals surface area contributed by atoms with Crippen LogP contribution in [0, 0.1) is 0 Å². The predicted octanol–water partition coefficient (Wildman–Crippen LogP) is 3.30. The van der Waals surface area contributed by atoms with Crippen LogP contribution in [0.25, 0.3) is 5.57 Å². The van der Waals surface area contributed by atoms with E-state index >= 15 is 0 Å². The molecule has 0 atom stereocenters. The standard InChI is InChI=1S/C17H22N2O2.C2H6/c1-13-10-14(12-19-6-8-21-9-7-19)15-4-3-5-18-16(15)11-17(13)20-2;1-2/h3-5,10H,6-9,11-12H2,1-2H3;1-2H3. The maximum atomic E-state index is 5.54. The first-order valence-corrected chi connectivity index (χ1v) is 8.46. The summed E-state index contributed by atoms with van der Waals surface area (Å²) in [5.74, 6) is 1.01. The van der Waals surface area contributed by atoms with E-state index in [0.717, 1.165) is 50.7 Å². The van der Waals surface area contributed by atoms with Gasteiger partial charge in [0.25, 0.3) is 0 Å². The summed E-state index contributed by atoms with van der Waals surface area (Å²) in [7, 11) is 1.74. The Morgan fingerprint density at radius 1 is 1.26 bits per heavy atom. The molecule has 4 nitrogen and oxygen atoms in total. The highest BCUT2D eigenvalue weighted by molar-refractivity contribution is 5.72. The van der Waals surface area contributed by atoms with E-state index in [9.17, 15) is 0 Å². The number of hydrogen-bond acceptors (Lipinski definition) is 4. The highest BCUT2D eigenvalue weighted by Gasteiger charge is 2.19. The summed E-state index contributed by atoms with van der Waals surface area (Å²) in [6.45, 7) is 10.7. The number of hydrogen-bond donors (Lipinski definition) is 0. The summed E-state index contributed by atoms with van der Waals surface area (Å²) in [5, 5.41) is 0. The van der Waals surface area contributed by atoms with Gasteiger partial charge >= 0.3 is 0 Å². The number of pyridine rings is 1. The van der Waals surface area contributed by atoms with Crippen molar-refractivity contribution in [3.05, 3.63) is 47.0 Å². The summed E-state index contributed by atoms with van der Waals surface area (Å²) in [6, 6.07) is 4.18. The largest absolute Gasteiger partial charge is 0.500 e. The fourth-order valence-corrected chi connectivity index (χ4v) is 2.95. The first-order chi connectivity index (χ1) is 11.3. The van der Waals surface area contributed by atoms with Crippen molar-refractivity contribution >= 4 is 5.57 Å². The van der Waals surface area contributed by atoms with Crippen LogP contribution in [0.4, 0.5) is 0 Å². The molecule has 23 heavy (non-hydrogen) atoms. The fraction of sp³-hybridized carbons (Fsp3) is 0.526. The molecule has 1 saturated heterocycles. The highest BCUT2D eigenvalue weighted by atomic mass is 16.5. The molecule has 1 fully saturated rings. The molecule has 0 spiro atoms. The zero-order chi connectivity index (χ0) is 16.7. The molecule has 0 N–H and O–H groups in total. The van der Waals surface area contributed by atoms with Gasteiger partial charge in [0.05, 0.1) is 26.0 Å². The van der Waals surface area contributed by atoms with Gasteiger partial charge in [-0.05, 0) is 24.1 Å². The molecule has 2 aliphatic rings. The van der Waals surface area contributed by atoms with Crippen LogP contribution in [0.2, 0.25) is 0 Å².